The van der Waals surface area contributed by atoms with E-state index in [0.717, 1.165) is 41.9 Å². The summed E-state index contributed by atoms with van der Waals surface area (Å²) >= 11 is 0. The first-order valence-electron chi connectivity index (χ1n) is 7.10. The van der Waals surface area contributed by atoms with Crippen molar-refractivity contribution in [2.75, 3.05) is 0 Å². The number of nitrogens with two attached hydrogens (primary N) is 1. The van der Waals surface area contributed by atoms with Crippen molar-refractivity contribution in [2.45, 2.75) is 39.2 Å². The maximum absolute atomic E-state index is 10.7. The first-order chi connectivity index (χ1) is 10.2. The number of benzene rings is 1. The second kappa shape index (κ2) is 6.99. The Bertz CT molecular complexity index is 605. The standard InChI is InChI=1S/C15H20N4O2/c1-2-3-4-14-13(10-16)17-18-19(14)12-7-5-11(6-8-12)9-15(20)21/h5-8H,2-4,9-10,16H2,1H3,(H,20,21). The van der Waals surface area contributed by atoms with E-state index < -0.39 is 5.97 Å². The summed E-state index contributed by atoms with van der Waals surface area (Å²) in [6.07, 6.45) is 3.05. The lowest BCUT2D eigenvalue weighted by molar-refractivity contribution is -0.136. The van der Waals surface area contributed by atoms with Crippen LogP contribution in [0.1, 0.15) is 36.7 Å². The Hall–Kier alpha value is -2.21. The molecule has 1 aromatic carbocycles. The highest BCUT2D eigenvalue weighted by molar-refractivity contribution is 5.70. The summed E-state index contributed by atoms with van der Waals surface area (Å²) in [7, 11) is 0. The highest BCUT2D eigenvalue weighted by Crippen LogP contribution is 2.16. The molecule has 0 aliphatic carbocycles. The van der Waals surface area contributed by atoms with Crippen LogP contribution in [0.5, 0.6) is 0 Å². The predicted octanol–water partition coefficient (Wildman–Crippen LogP) is 1.70. The van der Waals surface area contributed by atoms with Crippen molar-refractivity contribution in [3.05, 3.63) is 41.2 Å². The summed E-state index contributed by atoms with van der Waals surface area (Å²) in [5.41, 5.74) is 9.20. The van der Waals surface area contributed by atoms with E-state index in [0.29, 0.717) is 6.54 Å². The summed E-state index contributed by atoms with van der Waals surface area (Å²) in [4.78, 5) is 10.7. The minimum atomic E-state index is -0.836. The molecule has 112 valence electrons. The van der Waals surface area contributed by atoms with Gasteiger partial charge in [0.25, 0.3) is 0 Å². The van der Waals surface area contributed by atoms with Gasteiger partial charge in [-0.15, -0.1) is 5.10 Å². The number of carboxylic acids is 1. The average molecular weight is 288 g/mol. The van der Waals surface area contributed by atoms with E-state index in [1.165, 1.54) is 0 Å². The highest BCUT2D eigenvalue weighted by atomic mass is 16.4. The lowest BCUT2D eigenvalue weighted by atomic mass is 10.1. The molecule has 0 saturated carbocycles. The quantitative estimate of drug-likeness (QED) is 0.808. The lowest BCUT2D eigenvalue weighted by Gasteiger charge is -2.08. The summed E-state index contributed by atoms with van der Waals surface area (Å²) in [5.74, 6) is -0.836. The fraction of sp³-hybridized carbons (Fsp3) is 0.400. The van der Waals surface area contributed by atoms with E-state index in [4.69, 9.17) is 10.8 Å². The second-order valence-corrected chi connectivity index (χ2v) is 4.94. The third kappa shape index (κ3) is 3.66. The smallest absolute Gasteiger partial charge is 0.307 e. The number of rotatable bonds is 7. The van der Waals surface area contributed by atoms with Crippen LogP contribution in [-0.2, 0) is 24.2 Å². The Labute approximate surface area is 123 Å². The third-order valence-electron chi connectivity index (χ3n) is 3.34. The molecular formula is C15H20N4O2. The molecule has 1 aromatic heterocycles. The van der Waals surface area contributed by atoms with Crippen molar-refractivity contribution in [3.63, 3.8) is 0 Å². The molecule has 6 nitrogen and oxygen atoms in total. The van der Waals surface area contributed by atoms with Crippen LogP contribution in [0.2, 0.25) is 0 Å². The van der Waals surface area contributed by atoms with E-state index >= 15 is 0 Å². The Morgan fingerprint density at radius 3 is 2.62 bits per heavy atom. The molecule has 21 heavy (non-hydrogen) atoms. The maximum atomic E-state index is 10.7. The zero-order valence-corrected chi connectivity index (χ0v) is 12.1. The summed E-state index contributed by atoms with van der Waals surface area (Å²) in [6.45, 7) is 2.51. The van der Waals surface area contributed by atoms with Crippen LogP contribution in [0.4, 0.5) is 0 Å². The van der Waals surface area contributed by atoms with Crippen molar-refractivity contribution < 1.29 is 9.90 Å². The normalized spacial score (nSPS) is 10.8. The molecule has 6 heteroatoms. The van der Waals surface area contributed by atoms with Crippen molar-refractivity contribution in [3.8, 4) is 5.69 Å². The number of hydrogen-bond donors (Lipinski definition) is 2. The van der Waals surface area contributed by atoms with Gasteiger partial charge < -0.3 is 10.8 Å². The predicted molar refractivity (Wildman–Crippen MR) is 79.2 cm³/mol. The molecule has 2 rings (SSSR count). The van der Waals surface area contributed by atoms with Crippen molar-refractivity contribution in [1.82, 2.24) is 15.0 Å². The van der Waals surface area contributed by atoms with Gasteiger partial charge in [0.2, 0.25) is 0 Å². The van der Waals surface area contributed by atoms with Gasteiger partial charge in [-0.05, 0) is 30.5 Å². The van der Waals surface area contributed by atoms with Crippen LogP contribution in [0.15, 0.2) is 24.3 Å². The Balaban J connectivity index is 2.28. The van der Waals surface area contributed by atoms with Gasteiger partial charge >= 0.3 is 5.97 Å². The molecule has 0 fully saturated rings. The molecule has 0 aliphatic rings. The monoisotopic (exact) mass is 288 g/mol. The molecule has 0 radical (unpaired) electrons. The summed E-state index contributed by atoms with van der Waals surface area (Å²) in [6, 6.07) is 7.33. The van der Waals surface area contributed by atoms with E-state index in [9.17, 15) is 4.79 Å². The number of unbranched alkanes of at least 4 members (excludes halogenated alkanes) is 1. The van der Waals surface area contributed by atoms with E-state index in [-0.39, 0.29) is 6.42 Å². The number of aliphatic carboxylic acids is 1. The minimum Gasteiger partial charge on any atom is -0.481 e. The number of aromatic nitrogens is 3. The highest BCUT2D eigenvalue weighted by Gasteiger charge is 2.12. The fourth-order valence-electron chi connectivity index (χ4n) is 2.22. The minimum absolute atomic E-state index is 0.0222. The Morgan fingerprint density at radius 1 is 1.33 bits per heavy atom. The van der Waals surface area contributed by atoms with Crippen molar-refractivity contribution in [2.24, 2.45) is 5.73 Å². The van der Waals surface area contributed by atoms with Crippen LogP contribution < -0.4 is 5.73 Å². The average Bonchev–Trinajstić information content (AvgIpc) is 2.88. The molecule has 2 aromatic rings. The van der Waals surface area contributed by atoms with Crippen LogP contribution in [-0.4, -0.2) is 26.1 Å². The second-order valence-electron chi connectivity index (χ2n) is 4.94. The summed E-state index contributed by atoms with van der Waals surface area (Å²) in [5, 5.41) is 17.1. The van der Waals surface area contributed by atoms with Crippen LogP contribution in [0.3, 0.4) is 0 Å². The number of carbonyl (C=O) groups is 1. The van der Waals surface area contributed by atoms with E-state index in [1.807, 2.05) is 12.1 Å². The van der Waals surface area contributed by atoms with Gasteiger partial charge in [0.15, 0.2) is 0 Å². The first kappa shape index (κ1) is 15.2. The van der Waals surface area contributed by atoms with Gasteiger partial charge in [0.1, 0.15) is 0 Å². The summed E-state index contributed by atoms with van der Waals surface area (Å²) < 4.78 is 1.79. The third-order valence-corrected chi connectivity index (χ3v) is 3.34. The van der Waals surface area contributed by atoms with Crippen LogP contribution >= 0.6 is 0 Å². The molecular weight excluding hydrogens is 268 g/mol. The molecule has 1 heterocycles. The largest absolute Gasteiger partial charge is 0.481 e. The van der Waals surface area contributed by atoms with Gasteiger partial charge in [-0.3, -0.25) is 4.79 Å². The van der Waals surface area contributed by atoms with Crippen LogP contribution in [0.25, 0.3) is 5.69 Å². The Kier molecular flexibility index (Phi) is 5.05. The molecule has 0 bridgehead atoms. The molecule has 0 amide bonds. The molecule has 0 atom stereocenters. The van der Waals surface area contributed by atoms with Gasteiger partial charge in [0.05, 0.1) is 23.5 Å². The van der Waals surface area contributed by atoms with Gasteiger partial charge in [0, 0.05) is 6.54 Å². The molecule has 0 saturated heterocycles. The fourth-order valence-corrected chi connectivity index (χ4v) is 2.22. The van der Waals surface area contributed by atoms with E-state index in [1.54, 1.807) is 16.8 Å². The first-order valence-corrected chi connectivity index (χ1v) is 7.10. The molecule has 0 spiro atoms. The zero-order valence-electron chi connectivity index (χ0n) is 12.1. The van der Waals surface area contributed by atoms with Gasteiger partial charge in [-0.2, -0.15) is 0 Å². The number of hydrogen-bond acceptors (Lipinski definition) is 4. The van der Waals surface area contributed by atoms with Crippen molar-refractivity contribution >= 4 is 5.97 Å². The van der Waals surface area contributed by atoms with Gasteiger partial charge in [-0.25, -0.2) is 4.68 Å². The zero-order chi connectivity index (χ0) is 15.2. The van der Waals surface area contributed by atoms with Crippen molar-refractivity contribution in [1.29, 1.82) is 0 Å². The van der Waals surface area contributed by atoms with E-state index in [2.05, 4.69) is 17.2 Å². The van der Waals surface area contributed by atoms with Gasteiger partial charge in [-0.1, -0.05) is 30.7 Å². The molecule has 3 N–H and O–H groups in total. The topological polar surface area (TPSA) is 94.0 Å². The Morgan fingerprint density at radius 2 is 2.05 bits per heavy atom. The number of nitrogens with zero attached hydrogens (tertiary/aromatic N) is 3. The van der Waals surface area contributed by atoms with Crippen LogP contribution in [0, 0.1) is 0 Å². The number of carboxylic acid groups (broad SMARTS) is 1. The lowest BCUT2D eigenvalue weighted by Crippen LogP contribution is -2.07. The SMILES string of the molecule is CCCCc1c(CN)nnn1-c1ccc(CC(=O)O)cc1. The maximum Gasteiger partial charge on any atom is 0.307 e. The molecule has 0 unspecified atom stereocenters. The molecule has 0 aliphatic heterocycles.